The summed E-state index contributed by atoms with van der Waals surface area (Å²) >= 11 is 0. The predicted octanol–water partition coefficient (Wildman–Crippen LogP) is 6.33. The van der Waals surface area contributed by atoms with Gasteiger partial charge in [-0.15, -0.1) is 0 Å². The molecule has 3 rings (SSSR count). The molecule has 1 fully saturated rings. The molecule has 0 spiro atoms. The van der Waals surface area contributed by atoms with Gasteiger partial charge in [0.15, 0.2) is 0 Å². The van der Waals surface area contributed by atoms with Crippen LogP contribution < -0.4 is 15.2 Å². The summed E-state index contributed by atoms with van der Waals surface area (Å²) in [7, 11) is 0. The zero-order chi connectivity index (χ0) is 22.1. The zero-order valence-corrected chi connectivity index (χ0v) is 19.2. The van der Waals surface area contributed by atoms with Gasteiger partial charge in [0.1, 0.15) is 17.6 Å². The van der Waals surface area contributed by atoms with Crippen LogP contribution in [0, 0.1) is 17.8 Å². The van der Waals surface area contributed by atoms with Crippen molar-refractivity contribution in [1.82, 2.24) is 0 Å². The summed E-state index contributed by atoms with van der Waals surface area (Å²) in [5.74, 6) is 8.64. The Bertz CT molecular complexity index is 867. The molecule has 3 nitrogen and oxygen atoms in total. The Morgan fingerprint density at radius 2 is 2.06 bits per heavy atom. The molecule has 0 amide bonds. The number of hydrogen-bond donors (Lipinski definition) is 1. The fourth-order valence-corrected chi connectivity index (χ4v) is 3.53. The maximum absolute atomic E-state index is 6.23. The first-order valence-electron chi connectivity index (χ1n) is 11.8. The summed E-state index contributed by atoms with van der Waals surface area (Å²) in [5, 5.41) is 0. The predicted molar refractivity (Wildman–Crippen MR) is 129 cm³/mol. The quantitative estimate of drug-likeness (QED) is 0.336. The number of benzene rings is 1. The summed E-state index contributed by atoms with van der Waals surface area (Å²) in [6.07, 6.45) is 15.2. The highest BCUT2D eigenvalue weighted by atomic mass is 16.5. The van der Waals surface area contributed by atoms with Crippen LogP contribution in [0.5, 0.6) is 11.5 Å². The topological polar surface area (TPSA) is 44.5 Å². The SMILES string of the molecule is C=C1C=C(CCCCC(N)CC)C=CC1Oc1ccc(C#CCC)c(OCC2CC2)c1. The fraction of sp³-hybridized carbons (Fsp3) is 0.500. The van der Waals surface area contributed by atoms with Gasteiger partial charge in [-0.3, -0.25) is 0 Å². The standard InChI is InChI=1S/C28H37NO2/c1-4-6-10-24-15-16-26(19-28(24)30-20-23-12-13-23)31-27-17-14-22(18-21(27)3)9-7-8-11-25(29)5-2/h14-19,23,25,27H,3-5,7-9,11-13,20,29H2,1-2H3. The van der Waals surface area contributed by atoms with Crippen LogP contribution in [0.15, 0.2) is 54.2 Å². The largest absolute Gasteiger partial charge is 0.492 e. The van der Waals surface area contributed by atoms with Crippen molar-refractivity contribution < 1.29 is 9.47 Å². The van der Waals surface area contributed by atoms with E-state index in [1.807, 2.05) is 18.2 Å². The van der Waals surface area contributed by atoms with Gasteiger partial charge in [-0.1, -0.05) is 50.8 Å². The Balaban J connectivity index is 1.56. The van der Waals surface area contributed by atoms with Crippen LogP contribution in [0.25, 0.3) is 0 Å². The van der Waals surface area contributed by atoms with Crippen LogP contribution in [-0.2, 0) is 0 Å². The molecule has 3 heteroatoms. The molecule has 0 aromatic heterocycles. The van der Waals surface area contributed by atoms with Gasteiger partial charge in [0, 0.05) is 18.5 Å². The van der Waals surface area contributed by atoms with Gasteiger partial charge in [-0.2, -0.15) is 0 Å². The number of rotatable bonds is 11. The Morgan fingerprint density at radius 1 is 1.23 bits per heavy atom. The van der Waals surface area contributed by atoms with Crippen LogP contribution in [-0.4, -0.2) is 18.8 Å². The van der Waals surface area contributed by atoms with E-state index in [1.54, 1.807) is 0 Å². The number of allylic oxidation sites excluding steroid dienone is 2. The molecule has 0 aliphatic heterocycles. The molecule has 1 aromatic rings. The van der Waals surface area contributed by atoms with Gasteiger partial charge < -0.3 is 15.2 Å². The highest BCUT2D eigenvalue weighted by Gasteiger charge is 2.22. The molecule has 2 aliphatic carbocycles. The summed E-state index contributed by atoms with van der Waals surface area (Å²) in [6.45, 7) is 9.20. The lowest BCUT2D eigenvalue weighted by molar-refractivity contribution is 0.277. The van der Waals surface area contributed by atoms with Gasteiger partial charge in [0.25, 0.3) is 0 Å². The molecular formula is C28H37NO2. The zero-order valence-electron chi connectivity index (χ0n) is 19.2. The van der Waals surface area contributed by atoms with Crippen molar-refractivity contribution in [3.63, 3.8) is 0 Å². The number of ether oxygens (including phenoxy) is 2. The third-order valence-corrected chi connectivity index (χ3v) is 5.82. The fourth-order valence-electron chi connectivity index (χ4n) is 3.53. The first kappa shape index (κ1) is 23.2. The van der Waals surface area contributed by atoms with Crippen LogP contribution in [0.1, 0.15) is 70.8 Å². The maximum Gasteiger partial charge on any atom is 0.142 e. The normalized spacial score (nSPS) is 18.7. The Labute approximate surface area is 188 Å². The molecule has 31 heavy (non-hydrogen) atoms. The minimum absolute atomic E-state index is 0.152. The van der Waals surface area contributed by atoms with E-state index in [0.29, 0.717) is 12.0 Å². The summed E-state index contributed by atoms with van der Waals surface area (Å²) in [6, 6.07) is 6.28. The molecule has 0 radical (unpaired) electrons. The number of hydrogen-bond acceptors (Lipinski definition) is 3. The molecule has 0 bridgehead atoms. The van der Waals surface area contributed by atoms with Crippen molar-refractivity contribution in [3.8, 4) is 23.3 Å². The molecule has 2 unspecified atom stereocenters. The average molecular weight is 420 g/mol. The van der Waals surface area contributed by atoms with E-state index >= 15 is 0 Å². The molecule has 166 valence electrons. The monoisotopic (exact) mass is 419 g/mol. The van der Waals surface area contributed by atoms with Crippen molar-refractivity contribution in [2.24, 2.45) is 11.7 Å². The third kappa shape index (κ3) is 7.64. The summed E-state index contributed by atoms with van der Waals surface area (Å²) < 4.78 is 12.3. The van der Waals surface area contributed by atoms with Gasteiger partial charge >= 0.3 is 0 Å². The van der Waals surface area contributed by atoms with Crippen LogP contribution in [0.4, 0.5) is 0 Å². The van der Waals surface area contributed by atoms with Gasteiger partial charge in [0.05, 0.1) is 12.2 Å². The highest BCUT2D eigenvalue weighted by Crippen LogP contribution is 2.32. The Hall–Kier alpha value is -2.44. The molecule has 1 aromatic carbocycles. The molecule has 0 heterocycles. The third-order valence-electron chi connectivity index (χ3n) is 5.82. The lowest BCUT2D eigenvalue weighted by atomic mass is 9.96. The Kier molecular flexibility index (Phi) is 8.85. The van der Waals surface area contributed by atoms with Crippen molar-refractivity contribution in [3.05, 3.63) is 59.7 Å². The van der Waals surface area contributed by atoms with E-state index in [9.17, 15) is 0 Å². The lowest BCUT2D eigenvalue weighted by Gasteiger charge is -2.21. The van der Waals surface area contributed by atoms with E-state index in [2.05, 4.69) is 50.5 Å². The van der Waals surface area contributed by atoms with E-state index in [4.69, 9.17) is 15.2 Å². The minimum atomic E-state index is -0.152. The number of unbranched alkanes of at least 4 members (excludes halogenated alkanes) is 1. The second-order valence-corrected chi connectivity index (χ2v) is 8.67. The van der Waals surface area contributed by atoms with E-state index in [-0.39, 0.29) is 6.10 Å². The van der Waals surface area contributed by atoms with Crippen molar-refractivity contribution in [2.45, 2.75) is 77.4 Å². The first-order valence-corrected chi connectivity index (χ1v) is 11.8. The van der Waals surface area contributed by atoms with E-state index in [1.165, 1.54) is 24.8 Å². The van der Waals surface area contributed by atoms with Gasteiger partial charge in [0.2, 0.25) is 0 Å². The van der Waals surface area contributed by atoms with Crippen LogP contribution >= 0.6 is 0 Å². The van der Waals surface area contributed by atoms with Crippen molar-refractivity contribution in [2.75, 3.05) is 6.61 Å². The minimum Gasteiger partial charge on any atom is -0.492 e. The number of nitrogens with two attached hydrogens (primary N) is 1. The molecular weight excluding hydrogens is 382 g/mol. The average Bonchev–Trinajstić information content (AvgIpc) is 3.60. The maximum atomic E-state index is 6.23. The Morgan fingerprint density at radius 3 is 2.77 bits per heavy atom. The van der Waals surface area contributed by atoms with Crippen molar-refractivity contribution >= 4 is 0 Å². The summed E-state index contributed by atoms with van der Waals surface area (Å²) in [4.78, 5) is 0. The van der Waals surface area contributed by atoms with E-state index in [0.717, 1.165) is 61.3 Å². The van der Waals surface area contributed by atoms with Gasteiger partial charge in [-0.05, 0) is 73.8 Å². The highest BCUT2D eigenvalue weighted by molar-refractivity contribution is 5.50. The van der Waals surface area contributed by atoms with Crippen LogP contribution in [0.3, 0.4) is 0 Å². The second kappa shape index (κ2) is 11.8. The second-order valence-electron chi connectivity index (χ2n) is 8.67. The first-order chi connectivity index (χ1) is 15.1. The summed E-state index contributed by atoms with van der Waals surface area (Å²) in [5.41, 5.74) is 9.24. The molecule has 2 aliphatic rings. The lowest BCUT2D eigenvalue weighted by Crippen LogP contribution is -2.18. The molecule has 1 saturated carbocycles. The van der Waals surface area contributed by atoms with Crippen molar-refractivity contribution in [1.29, 1.82) is 0 Å². The van der Waals surface area contributed by atoms with E-state index < -0.39 is 0 Å². The van der Waals surface area contributed by atoms with Gasteiger partial charge in [-0.25, -0.2) is 0 Å². The molecule has 2 atom stereocenters. The molecule has 0 saturated heterocycles. The smallest absolute Gasteiger partial charge is 0.142 e. The molecule has 2 N–H and O–H groups in total. The van der Waals surface area contributed by atoms with Crippen LogP contribution in [0.2, 0.25) is 0 Å².